The minimum absolute atomic E-state index is 0.0278. The quantitative estimate of drug-likeness (QED) is 0.102. The second kappa shape index (κ2) is 16.4. The number of nitrogens with zero attached hydrogens (tertiary/aromatic N) is 4. The Morgan fingerprint density at radius 2 is 1.76 bits per heavy atom. The van der Waals surface area contributed by atoms with E-state index in [1.165, 1.54) is 39.3 Å². The number of esters is 3. The molecule has 2 rings (SSSR count). The van der Waals surface area contributed by atoms with Gasteiger partial charge in [-0.05, 0) is 19.1 Å². The van der Waals surface area contributed by atoms with Crippen LogP contribution < -0.4 is 11.1 Å². The maximum Gasteiger partial charge on any atom is 0.322 e. The van der Waals surface area contributed by atoms with Gasteiger partial charge in [0.15, 0.2) is 18.0 Å². The smallest absolute Gasteiger partial charge is 0.322 e. The third-order valence-corrected chi connectivity index (χ3v) is 5.99. The molecule has 0 aliphatic rings. The van der Waals surface area contributed by atoms with E-state index in [9.17, 15) is 19.6 Å². The molecule has 2 heterocycles. The lowest BCUT2D eigenvalue weighted by molar-refractivity contribution is -0.198. The van der Waals surface area contributed by atoms with Crippen molar-refractivity contribution < 1.29 is 47.5 Å². The van der Waals surface area contributed by atoms with Crippen LogP contribution in [0.15, 0.2) is 18.5 Å². The number of anilines is 1. The topological polar surface area (TPSA) is 208 Å². The molecule has 0 fully saturated rings. The summed E-state index contributed by atoms with van der Waals surface area (Å²) in [5.74, 6) is -1.87. The summed E-state index contributed by atoms with van der Waals surface area (Å²) in [6.07, 6.45) is -2.14. The Morgan fingerprint density at radius 3 is 2.34 bits per heavy atom. The van der Waals surface area contributed by atoms with Gasteiger partial charge in [0, 0.05) is 21.3 Å². The summed E-state index contributed by atoms with van der Waals surface area (Å²) in [6.45, 7) is 0.956. The van der Waals surface area contributed by atoms with Crippen molar-refractivity contribution in [2.75, 3.05) is 60.7 Å². The van der Waals surface area contributed by atoms with E-state index >= 15 is 0 Å². The average Bonchev–Trinajstić information content (AvgIpc) is 3.42. The minimum atomic E-state index is -2.02. The molecule has 2 aromatic rings. The molecule has 16 nitrogen and oxygen atoms in total. The van der Waals surface area contributed by atoms with Crippen molar-refractivity contribution >= 4 is 29.2 Å². The average molecular weight is 581 g/mol. The van der Waals surface area contributed by atoms with E-state index in [0.29, 0.717) is 5.52 Å². The Labute approximate surface area is 236 Å². The van der Waals surface area contributed by atoms with Crippen molar-refractivity contribution in [3.8, 4) is 6.07 Å². The largest absolute Gasteiger partial charge is 0.468 e. The van der Waals surface area contributed by atoms with Crippen LogP contribution in [0.25, 0.3) is 5.52 Å². The van der Waals surface area contributed by atoms with Gasteiger partial charge in [0.2, 0.25) is 5.60 Å². The lowest BCUT2D eigenvalue weighted by atomic mass is 9.92. The first-order valence-electron chi connectivity index (χ1n) is 12.5. The zero-order chi connectivity index (χ0) is 30.4. The summed E-state index contributed by atoms with van der Waals surface area (Å²) in [7, 11) is 5.29. The summed E-state index contributed by atoms with van der Waals surface area (Å²) in [6, 6.07) is 4.42. The van der Waals surface area contributed by atoms with Crippen LogP contribution in [0.2, 0.25) is 0 Å². The normalized spacial score (nSPS) is 14.8. The van der Waals surface area contributed by atoms with E-state index < -0.39 is 48.4 Å². The van der Waals surface area contributed by atoms with Gasteiger partial charge in [-0.1, -0.05) is 0 Å². The minimum Gasteiger partial charge on any atom is -0.468 e. The standard InChI is InChI=1S/C25H36N6O10/c1-16(24(34)37-4)29-15-39-13-25(12-26,38-5)22(41-20(33)9-11-36-3)21(40-19(32)8-10-35-2)17-6-7-18-23(27)28-14-30-31(17)18/h6-7,14,16,21-22,29H,8-11,13,15H2,1-5H3,(H2,27,28,30)/t16-,21-,22-,25?/m0/s1. The molecule has 0 saturated heterocycles. The maximum atomic E-state index is 12.9. The number of fused-ring (bicyclic) bond motifs is 1. The van der Waals surface area contributed by atoms with Crippen molar-refractivity contribution in [1.82, 2.24) is 19.9 Å². The van der Waals surface area contributed by atoms with Crippen LogP contribution >= 0.6 is 0 Å². The highest BCUT2D eigenvalue weighted by molar-refractivity contribution is 5.75. The number of nitriles is 1. The molecule has 0 amide bonds. The number of rotatable bonds is 18. The molecule has 41 heavy (non-hydrogen) atoms. The van der Waals surface area contributed by atoms with E-state index in [-0.39, 0.29) is 44.3 Å². The van der Waals surface area contributed by atoms with Gasteiger partial charge in [0.25, 0.3) is 0 Å². The zero-order valence-electron chi connectivity index (χ0n) is 23.7. The predicted molar refractivity (Wildman–Crippen MR) is 140 cm³/mol. The van der Waals surface area contributed by atoms with Crippen LogP contribution in [-0.4, -0.2) is 105 Å². The summed E-state index contributed by atoms with van der Waals surface area (Å²) in [5.41, 5.74) is 4.55. The fourth-order valence-electron chi connectivity index (χ4n) is 3.68. The van der Waals surface area contributed by atoms with Gasteiger partial charge in [-0.15, -0.1) is 0 Å². The first-order valence-corrected chi connectivity index (χ1v) is 12.5. The third kappa shape index (κ3) is 8.80. The monoisotopic (exact) mass is 580 g/mol. The summed E-state index contributed by atoms with van der Waals surface area (Å²) < 4.78 is 38.8. The van der Waals surface area contributed by atoms with Crippen LogP contribution in [0.1, 0.15) is 31.6 Å². The van der Waals surface area contributed by atoms with Gasteiger partial charge in [0.1, 0.15) is 24.0 Å². The Balaban J connectivity index is 2.56. The van der Waals surface area contributed by atoms with E-state index in [2.05, 4.69) is 20.1 Å². The Morgan fingerprint density at radius 1 is 1.10 bits per heavy atom. The molecule has 16 heteroatoms. The fraction of sp³-hybridized carbons (Fsp3) is 0.600. The molecule has 0 spiro atoms. The molecule has 0 radical (unpaired) electrons. The molecular formula is C25H36N6O10. The summed E-state index contributed by atoms with van der Waals surface area (Å²) in [5, 5.41) is 17.4. The molecule has 226 valence electrons. The number of carbonyl (C=O) groups is 3. The van der Waals surface area contributed by atoms with E-state index in [4.69, 9.17) is 34.2 Å². The van der Waals surface area contributed by atoms with Crippen molar-refractivity contribution in [3.05, 3.63) is 24.2 Å². The number of ether oxygens (including phenoxy) is 7. The highest BCUT2D eigenvalue weighted by Crippen LogP contribution is 2.35. The third-order valence-electron chi connectivity index (χ3n) is 5.99. The fourth-order valence-corrected chi connectivity index (χ4v) is 3.68. The van der Waals surface area contributed by atoms with Crippen LogP contribution in [0, 0.1) is 11.3 Å². The second-order valence-electron chi connectivity index (χ2n) is 8.65. The van der Waals surface area contributed by atoms with E-state index in [1.54, 1.807) is 19.1 Å². The Kier molecular flexibility index (Phi) is 13.3. The lowest BCUT2D eigenvalue weighted by Gasteiger charge is -2.37. The summed E-state index contributed by atoms with van der Waals surface area (Å²) in [4.78, 5) is 41.4. The van der Waals surface area contributed by atoms with Gasteiger partial charge in [-0.2, -0.15) is 10.4 Å². The van der Waals surface area contributed by atoms with Crippen molar-refractivity contribution in [2.45, 2.75) is 43.6 Å². The van der Waals surface area contributed by atoms with Crippen molar-refractivity contribution in [3.63, 3.8) is 0 Å². The van der Waals surface area contributed by atoms with Crippen molar-refractivity contribution in [2.24, 2.45) is 0 Å². The number of nitrogens with two attached hydrogens (primary N) is 1. The first kappa shape index (κ1) is 33.3. The molecule has 0 aromatic carbocycles. The first-order chi connectivity index (χ1) is 19.7. The summed E-state index contributed by atoms with van der Waals surface area (Å²) >= 11 is 0. The van der Waals surface area contributed by atoms with Gasteiger partial charge >= 0.3 is 17.9 Å². The molecular weight excluding hydrogens is 544 g/mol. The molecule has 3 N–H and O–H groups in total. The Hall–Kier alpha value is -3.88. The molecule has 2 aromatic heterocycles. The number of nitrogens with one attached hydrogen (secondary N) is 1. The number of nitrogen functional groups attached to an aromatic ring is 1. The predicted octanol–water partition coefficient (Wildman–Crippen LogP) is -0.0854. The van der Waals surface area contributed by atoms with Crippen LogP contribution in [0.4, 0.5) is 5.82 Å². The zero-order valence-corrected chi connectivity index (χ0v) is 23.7. The van der Waals surface area contributed by atoms with Gasteiger partial charge < -0.3 is 38.9 Å². The van der Waals surface area contributed by atoms with E-state index in [1.807, 2.05) is 6.07 Å². The lowest BCUT2D eigenvalue weighted by Crippen LogP contribution is -2.53. The molecule has 4 atom stereocenters. The molecule has 0 saturated carbocycles. The molecule has 0 aliphatic heterocycles. The van der Waals surface area contributed by atoms with Crippen LogP contribution in [0.5, 0.6) is 0 Å². The number of methoxy groups -OCH3 is 4. The number of hydrogen-bond acceptors (Lipinski definition) is 15. The van der Waals surface area contributed by atoms with Crippen molar-refractivity contribution in [1.29, 1.82) is 5.26 Å². The van der Waals surface area contributed by atoms with Crippen LogP contribution in [-0.2, 0) is 47.5 Å². The van der Waals surface area contributed by atoms with Crippen LogP contribution in [0.3, 0.4) is 0 Å². The molecule has 0 aliphatic carbocycles. The molecule has 1 unspecified atom stereocenters. The highest BCUT2D eigenvalue weighted by atomic mass is 16.6. The van der Waals surface area contributed by atoms with E-state index in [0.717, 1.165) is 0 Å². The SMILES string of the molecule is COCCC(=O)O[C@@H](c1ccc2c(N)ncnn12)[C@H](OC(=O)CCOC)C(C#N)(COCN[C@@H](C)C(=O)OC)OC. The van der Waals surface area contributed by atoms with Gasteiger partial charge in [-0.3, -0.25) is 19.7 Å². The maximum absolute atomic E-state index is 12.9. The second-order valence-corrected chi connectivity index (χ2v) is 8.65. The number of aromatic nitrogens is 3. The number of hydrogen-bond donors (Lipinski definition) is 2. The van der Waals surface area contributed by atoms with Gasteiger partial charge in [0.05, 0.1) is 52.2 Å². The van der Waals surface area contributed by atoms with Gasteiger partial charge in [-0.25, -0.2) is 9.50 Å². The molecule has 0 bridgehead atoms. The number of carbonyl (C=O) groups excluding carboxylic acids is 3. The highest BCUT2D eigenvalue weighted by Gasteiger charge is 2.51. The Bertz CT molecular complexity index is 1200.